The van der Waals surface area contributed by atoms with E-state index in [1.807, 2.05) is 6.20 Å². The van der Waals surface area contributed by atoms with Crippen molar-refractivity contribution in [3.8, 4) is 0 Å². The molecule has 1 heterocycles. The molecule has 4 nitrogen and oxygen atoms in total. The van der Waals surface area contributed by atoms with Crippen LogP contribution < -0.4 is 10.2 Å². The Kier molecular flexibility index (Phi) is 6.62. The summed E-state index contributed by atoms with van der Waals surface area (Å²) in [6, 6.07) is 2.64. The summed E-state index contributed by atoms with van der Waals surface area (Å²) in [5.41, 5.74) is 2.66. The van der Waals surface area contributed by atoms with Crippen LogP contribution >= 0.6 is 0 Å². The van der Waals surface area contributed by atoms with E-state index in [-0.39, 0.29) is 5.41 Å². The molecular weight excluding hydrogens is 262 g/mol. The summed E-state index contributed by atoms with van der Waals surface area (Å²) in [6.45, 7) is 13.6. The molecule has 1 aromatic rings. The first kappa shape index (κ1) is 17.9. The molecule has 0 radical (unpaired) electrons. The number of nitrogens with one attached hydrogen (secondary N) is 1. The van der Waals surface area contributed by atoms with E-state index in [1.54, 1.807) is 7.11 Å². The van der Waals surface area contributed by atoms with Gasteiger partial charge in [0.2, 0.25) is 0 Å². The first-order valence-electron chi connectivity index (χ1n) is 7.65. The van der Waals surface area contributed by atoms with Gasteiger partial charge in [0.25, 0.3) is 0 Å². The molecule has 0 aromatic carbocycles. The van der Waals surface area contributed by atoms with Gasteiger partial charge in [0.05, 0.1) is 6.61 Å². The second-order valence-electron chi connectivity index (χ2n) is 6.81. The number of methoxy groups -OCH3 is 1. The fourth-order valence-corrected chi connectivity index (χ4v) is 2.26. The zero-order valence-electron chi connectivity index (χ0n) is 14.7. The lowest BCUT2D eigenvalue weighted by atomic mass is 9.87. The van der Waals surface area contributed by atoms with Gasteiger partial charge in [-0.05, 0) is 36.5 Å². The minimum atomic E-state index is 0.225. The van der Waals surface area contributed by atoms with Crippen molar-refractivity contribution in [2.24, 2.45) is 5.41 Å². The number of hydrogen-bond donors (Lipinski definition) is 1. The van der Waals surface area contributed by atoms with Crippen LogP contribution in [-0.2, 0) is 11.3 Å². The lowest BCUT2D eigenvalue weighted by molar-refractivity contribution is 0.199. The zero-order chi connectivity index (χ0) is 16.0. The number of pyridine rings is 1. The van der Waals surface area contributed by atoms with Crippen molar-refractivity contribution < 1.29 is 4.74 Å². The van der Waals surface area contributed by atoms with Gasteiger partial charge in [0, 0.05) is 39.5 Å². The van der Waals surface area contributed by atoms with Crippen LogP contribution in [-0.4, -0.2) is 38.3 Å². The number of nitrogens with zero attached hydrogens (tertiary/aromatic N) is 2. The Labute approximate surface area is 129 Å². The van der Waals surface area contributed by atoms with Crippen molar-refractivity contribution >= 4 is 5.82 Å². The summed E-state index contributed by atoms with van der Waals surface area (Å²) in [6.07, 6.45) is 1.97. The van der Waals surface area contributed by atoms with E-state index in [9.17, 15) is 0 Å². The normalized spacial score (nSPS) is 13.3. The lowest BCUT2D eigenvalue weighted by Crippen LogP contribution is -2.40. The zero-order valence-corrected chi connectivity index (χ0v) is 14.7. The number of anilines is 1. The first-order valence-corrected chi connectivity index (χ1v) is 7.65. The fraction of sp³-hybridized carbons (Fsp3) is 0.706. The van der Waals surface area contributed by atoms with Crippen LogP contribution in [0.15, 0.2) is 12.3 Å². The van der Waals surface area contributed by atoms with Crippen LogP contribution in [0.5, 0.6) is 0 Å². The number of ether oxygens (including phenoxy) is 1. The highest BCUT2D eigenvalue weighted by Gasteiger charge is 2.25. The van der Waals surface area contributed by atoms with Gasteiger partial charge in [0.15, 0.2) is 0 Å². The fourth-order valence-electron chi connectivity index (χ4n) is 2.26. The van der Waals surface area contributed by atoms with E-state index in [4.69, 9.17) is 4.74 Å². The average molecular weight is 293 g/mol. The number of aryl methyl sites for hydroxylation is 1. The quantitative estimate of drug-likeness (QED) is 0.784. The molecule has 0 aliphatic heterocycles. The molecular formula is C17H31N3O. The summed E-state index contributed by atoms with van der Waals surface area (Å²) < 4.78 is 5.03. The van der Waals surface area contributed by atoms with Crippen LogP contribution in [0, 0.1) is 12.3 Å². The molecule has 1 unspecified atom stereocenters. The largest absolute Gasteiger partial charge is 0.383 e. The molecule has 0 amide bonds. The summed E-state index contributed by atoms with van der Waals surface area (Å²) in [5, 5.41) is 3.35. The van der Waals surface area contributed by atoms with Crippen molar-refractivity contribution in [3.63, 3.8) is 0 Å². The molecule has 1 rings (SSSR count). The van der Waals surface area contributed by atoms with E-state index in [0.717, 1.165) is 25.5 Å². The lowest BCUT2D eigenvalue weighted by Gasteiger charge is -2.36. The highest BCUT2D eigenvalue weighted by atomic mass is 16.5. The Morgan fingerprint density at radius 3 is 2.57 bits per heavy atom. The Morgan fingerprint density at radius 2 is 2.05 bits per heavy atom. The second-order valence-corrected chi connectivity index (χ2v) is 6.81. The first-order chi connectivity index (χ1) is 9.77. The number of rotatable bonds is 7. The van der Waals surface area contributed by atoms with Crippen LogP contribution in [0.25, 0.3) is 0 Å². The van der Waals surface area contributed by atoms with Crippen LogP contribution in [0.4, 0.5) is 5.82 Å². The van der Waals surface area contributed by atoms with E-state index in [0.29, 0.717) is 6.04 Å². The summed E-state index contributed by atoms with van der Waals surface area (Å²) >= 11 is 0. The second kappa shape index (κ2) is 7.76. The topological polar surface area (TPSA) is 37.4 Å². The van der Waals surface area contributed by atoms with Gasteiger partial charge in [-0.2, -0.15) is 0 Å². The molecule has 4 heteroatoms. The molecule has 1 N–H and O–H groups in total. The number of hydrogen-bond acceptors (Lipinski definition) is 4. The molecule has 0 fully saturated rings. The maximum absolute atomic E-state index is 5.03. The molecule has 1 atom stereocenters. The Balaban J connectivity index is 2.74. The smallest absolute Gasteiger partial charge is 0.131 e. The maximum Gasteiger partial charge on any atom is 0.131 e. The van der Waals surface area contributed by atoms with Crippen molar-refractivity contribution in [2.45, 2.75) is 47.2 Å². The third-order valence-corrected chi connectivity index (χ3v) is 4.09. The molecule has 120 valence electrons. The minimum absolute atomic E-state index is 0.225. The summed E-state index contributed by atoms with van der Waals surface area (Å²) in [5.74, 6) is 1.07. The Hall–Kier alpha value is -1.13. The van der Waals surface area contributed by atoms with Crippen molar-refractivity contribution in [2.75, 3.05) is 32.2 Å². The Bertz CT molecular complexity index is 440. The molecule has 0 saturated carbocycles. The van der Waals surface area contributed by atoms with Crippen LogP contribution in [0.1, 0.15) is 38.8 Å². The van der Waals surface area contributed by atoms with Crippen molar-refractivity contribution in [1.82, 2.24) is 10.3 Å². The highest BCUT2D eigenvalue weighted by molar-refractivity contribution is 5.47. The predicted molar refractivity (Wildman–Crippen MR) is 89.9 cm³/mol. The van der Waals surface area contributed by atoms with Gasteiger partial charge in [-0.1, -0.05) is 20.8 Å². The molecule has 1 aromatic heterocycles. The van der Waals surface area contributed by atoms with Crippen molar-refractivity contribution in [1.29, 1.82) is 0 Å². The average Bonchev–Trinajstić information content (AvgIpc) is 2.41. The van der Waals surface area contributed by atoms with E-state index in [2.05, 4.69) is 62.9 Å². The molecule has 0 saturated heterocycles. The summed E-state index contributed by atoms with van der Waals surface area (Å²) in [7, 11) is 3.84. The van der Waals surface area contributed by atoms with Gasteiger partial charge in [0.1, 0.15) is 5.82 Å². The SMILES string of the molecule is COCCNCc1cnc(N(C)C(C)C(C)(C)C)c(C)c1. The van der Waals surface area contributed by atoms with Crippen molar-refractivity contribution in [3.05, 3.63) is 23.4 Å². The molecule has 0 aliphatic carbocycles. The highest BCUT2D eigenvalue weighted by Crippen LogP contribution is 2.28. The molecule has 21 heavy (non-hydrogen) atoms. The minimum Gasteiger partial charge on any atom is -0.383 e. The predicted octanol–water partition coefficient (Wildman–Crippen LogP) is 3.00. The van der Waals surface area contributed by atoms with E-state index >= 15 is 0 Å². The monoisotopic (exact) mass is 293 g/mol. The molecule has 0 spiro atoms. The Morgan fingerprint density at radius 1 is 1.38 bits per heavy atom. The summed E-state index contributed by atoms with van der Waals surface area (Å²) in [4.78, 5) is 6.94. The third-order valence-electron chi connectivity index (χ3n) is 4.09. The third kappa shape index (κ3) is 5.29. The number of aromatic nitrogens is 1. The standard InChI is InChI=1S/C17H31N3O/c1-13-10-15(11-18-8-9-21-7)12-19-16(13)20(6)14(2)17(3,4)5/h10,12,14,18H,8-9,11H2,1-7H3. The van der Waals surface area contributed by atoms with E-state index in [1.165, 1.54) is 11.1 Å². The van der Waals surface area contributed by atoms with E-state index < -0.39 is 0 Å². The maximum atomic E-state index is 5.03. The van der Waals surface area contributed by atoms with Gasteiger partial charge in [-0.3, -0.25) is 0 Å². The molecule has 0 aliphatic rings. The van der Waals surface area contributed by atoms with Gasteiger partial charge >= 0.3 is 0 Å². The van der Waals surface area contributed by atoms with Crippen LogP contribution in [0.2, 0.25) is 0 Å². The van der Waals surface area contributed by atoms with Gasteiger partial charge < -0.3 is 15.0 Å². The molecule has 0 bridgehead atoms. The van der Waals surface area contributed by atoms with Crippen LogP contribution in [0.3, 0.4) is 0 Å². The van der Waals surface area contributed by atoms with Gasteiger partial charge in [-0.15, -0.1) is 0 Å². The van der Waals surface area contributed by atoms with Gasteiger partial charge in [-0.25, -0.2) is 4.98 Å².